The Morgan fingerprint density at radius 1 is 1.17 bits per heavy atom. The highest BCUT2D eigenvalue weighted by Crippen LogP contribution is 2.24. The third kappa shape index (κ3) is 4.49. The second-order valence-corrected chi connectivity index (χ2v) is 5.65. The van der Waals surface area contributed by atoms with Crippen molar-refractivity contribution in [3.05, 3.63) is 59.2 Å². The molecule has 1 N–H and O–H groups in total. The minimum Gasteiger partial charge on any atom is -0.492 e. The number of carbonyl (C=O) groups excluding carboxylic acids is 1. The summed E-state index contributed by atoms with van der Waals surface area (Å²) in [4.78, 5) is 14.1. The standard InChI is InChI=1S/C19H24N2O2/c1-5-23-18-9-7-6-8-17(18)20-19(22)21(4)13-16-11-10-14(2)12-15(16)3/h6-12H,5,13H2,1-4H3,(H,20,22). The number of para-hydroxylation sites is 2. The molecule has 122 valence electrons. The van der Waals surface area contributed by atoms with Crippen LogP contribution in [0.15, 0.2) is 42.5 Å². The quantitative estimate of drug-likeness (QED) is 0.891. The lowest BCUT2D eigenvalue weighted by Gasteiger charge is -2.20. The molecule has 0 saturated heterocycles. The Morgan fingerprint density at radius 3 is 2.61 bits per heavy atom. The number of carbonyl (C=O) groups is 1. The van der Waals surface area contributed by atoms with Crippen LogP contribution in [0.2, 0.25) is 0 Å². The van der Waals surface area contributed by atoms with Crippen molar-refractivity contribution in [1.29, 1.82) is 0 Å². The van der Waals surface area contributed by atoms with Crippen LogP contribution in [0.4, 0.5) is 10.5 Å². The summed E-state index contributed by atoms with van der Waals surface area (Å²) in [7, 11) is 1.79. The molecule has 2 aromatic carbocycles. The van der Waals surface area contributed by atoms with E-state index in [0.717, 1.165) is 5.56 Å². The number of amides is 2. The van der Waals surface area contributed by atoms with E-state index in [9.17, 15) is 4.79 Å². The number of ether oxygens (including phenoxy) is 1. The van der Waals surface area contributed by atoms with Crippen molar-refractivity contribution in [3.63, 3.8) is 0 Å². The number of nitrogens with one attached hydrogen (secondary N) is 1. The van der Waals surface area contributed by atoms with Crippen molar-refractivity contribution in [3.8, 4) is 5.75 Å². The molecule has 0 aliphatic rings. The molecule has 0 fully saturated rings. The van der Waals surface area contributed by atoms with Gasteiger partial charge in [-0.05, 0) is 44.0 Å². The van der Waals surface area contributed by atoms with Crippen LogP contribution in [0.25, 0.3) is 0 Å². The molecule has 4 heteroatoms. The fourth-order valence-electron chi connectivity index (χ4n) is 2.41. The molecule has 2 amide bonds. The Balaban J connectivity index is 2.05. The fourth-order valence-corrected chi connectivity index (χ4v) is 2.41. The van der Waals surface area contributed by atoms with Gasteiger partial charge in [-0.1, -0.05) is 35.9 Å². The normalized spacial score (nSPS) is 10.3. The second kappa shape index (κ2) is 7.68. The molecule has 23 heavy (non-hydrogen) atoms. The molecular weight excluding hydrogens is 288 g/mol. The summed E-state index contributed by atoms with van der Waals surface area (Å²) in [6.45, 7) is 7.18. The highest BCUT2D eigenvalue weighted by atomic mass is 16.5. The Labute approximate surface area is 138 Å². The number of hydrogen-bond acceptors (Lipinski definition) is 2. The smallest absolute Gasteiger partial charge is 0.321 e. The van der Waals surface area contributed by atoms with Gasteiger partial charge in [0.2, 0.25) is 0 Å². The van der Waals surface area contributed by atoms with Crippen LogP contribution >= 0.6 is 0 Å². The first kappa shape index (κ1) is 16.9. The summed E-state index contributed by atoms with van der Waals surface area (Å²) in [5, 5.41) is 2.91. The zero-order valence-corrected chi connectivity index (χ0v) is 14.2. The lowest BCUT2D eigenvalue weighted by atomic mass is 10.1. The predicted molar refractivity (Wildman–Crippen MR) is 94.0 cm³/mol. The fraction of sp³-hybridized carbons (Fsp3) is 0.316. The van der Waals surface area contributed by atoms with Crippen molar-refractivity contribution < 1.29 is 9.53 Å². The Hall–Kier alpha value is -2.49. The van der Waals surface area contributed by atoms with Gasteiger partial charge in [-0.3, -0.25) is 0 Å². The molecule has 0 atom stereocenters. The van der Waals surface area contributed by atoms with E-state index in [1.165, 1.54) is 11.1 Å². The van der Waals surface area contributed by atoms with Gasteiger partial charge in [-0.25, -0.2) is 4.79 Å². The van der Waals surface area contributed by atoms with Crippen molar-refractivity contribution >= 4 is 11.7 Å². The van der Waals surface area contributed by atoms with Crippen LogP contribution in [0, 0.1) is 13.8 Å². The van der Waals surface area contributed by atoms with Crippen molar-refractivity contribution in [2.45, 2.75) is 27.3 Å². The summed E-state index contributed by atoms with van der Waals surface area (Å²) in [5.74, 6) is 0.684. The Kier molecular flexibility index (Phi) is 5.63. The van der Waals surface area contributed by atoms with Crippen molar-refractivity contribution in [2.75, 3.05) is 19.0 Å². The van der Waals surface area contributed by atoms with Crippen LogP contribution in [-0.2, 0) is 6.54 Å². The molecule has 4 nitrogen and oxygen atoms in total. The molecule has 0 aromatic heterocycles. The van der Waals surface area contributed by atoms with Gasteiger partial charge in [0, 0.05) is 13.6 Å². The van der Waals surface area contributed by atoms with E-state index < -0.39 is 0 Å². The molecule has 0 heterocycles. The molecule has 0 radical (unpaired) electrons. The molecule has 0 unspecified atom stereocenters. The monoisotopic (exact) mass is 312 g/mol. The third-order valence-electron chi connectivity index (χ3n) is 3.68. The average Bonchev–Trinajstić information content (AvgIpc) is 2.52. The van der Waals surface area contributed by atoms with Crippen LogP contribution in [0.1, 0.15) is 23.6 Å². The molecule has 0 bridgehead atoms. The number of hydrogen-bond donors (Lipinski definition) is 1. The average molecular weight is 312 g/mol. The van der Waals surface area contributed by atoms with E-state index in [-0.39, 0.29) is 6.03 Å². The molecular formula is C19H24N2O2. The maximum absolute atomic E-state index is 12.4. The predicted octanol–water partition coefficient (Wildman–Crippen LogP) is 4.37. The van der Waals surface area contributed by atoms with Gasteiger partial charge >= 0.3 is 6.03 Å². The zero-order chi connectivity index (χ0) is 16.8. The maximum atomic E-state index is 12.4. The summed E-state index contributed by atoms with van der Waals surface area (Å²) in [6.07, 6.45) is 0. The maximum Gasteiger partial charge on any atom is 0.321 e. The zero-order valence-electron chi connectivity index (χ0n) is 14.2. The first-order chi connectivity index (χ1) is 11.0. The van der Waals surface area contributed by atoms with Gasteiger partial charge in [0.15, 0.2) is 0 Å². The Bertz CT molecular complexity index is 683. The third-order valence-corrected chi connectivity index (χ3v) is 3.68. The molecule has 0 spiro atoms. The summed E-state index contributed by atoms with van der Waals surface area (Å²) in [5.41, 5.74) is 4.25. The molecule has 2 rings (SSSR count). The molecule has 2 aromatic rings. The number of aryl methyl sites for hydroxylation is 2. The SMILES string of the molecule is CCOc1ccccc1NC(=O)N(C)Cc1ccc(C)cc1C. The van der Waals surface area contributed by atoms with Crippen molar-refractivity contribution in [1.82, 2.24) is 4.90 Å². The molecule has 0 aliphatic carbocycles. The minimum atomic E-state index is -0.155. The van der Waals surface area contributed by atoms with E-state index >= 15 is 0 Å². The summed E-state index contributed by atoms with van der Waals surface area (Å²) >= 11 is 0. The van der Waals surface area contributed by atoms with Gasteiger partial charge < -0.3 is 15.0 Å². The van der Waals surface area contributed by atoms with E-state index in [1.807, 2.05) is 31.2 Å². The van der Waals surface area contributed by atoms with Gasteiger partial charge in [0.1, 0.15) is 5.75 Å². The van der Waals surface area contributed by atoms with E-state index in [4.69, 9.17) is 4.74 Å². The van der Waals surface area contributed by atoms with E-state index in [2.05, 4.69) is 37.4 Å². The number of rotatable bonds is 5. The van der Waals surface area contributed by atoms with Gasteiger partial charge in [-0.2, -0.15) is 0 Å². The number of urea groups is 1. The highest BCUT2D eigenvalue weighted by Gasteiger charge is 2.13. The van der Waals surface area contributed by atoms with Crippen LogP contribution < -0.4 is 10.1 Å². The topological polar surface area (TPSA) is 41.6 Å². The van der Waals surface area contributed by atoms with E-state index in [0.29, 0.717) is 24.6 Å². The van der Waals surface area contributed by atoms with E-state index in [1.54, 1.807) is 11.9 Å². The first-order valence-electron chi connectivity index (χ1n) is 7.81. The Morgan fingerprint density at radius 2 is 1.91 bits per heavy atom. The number of anilines is 1. The van der Waals surface area contributed by atoms with Crippen LogP contribution in [0.3, 0.4) is 0 Å². The van der Waals surface area contributed by atoms with Gasteiger partial charge in [0.05, 0.1) is 12.3 Å². The lowest BCUT2D eigenvalue weighted by molar-refractivity contribution is 0.220. The van der Waals surface area contributed by atoms with Crippen molar-refractivity contribution in [2.24, 2.45) is 0 Å². The number of nitrogens with zero attached hydrogens (tertiary/aromatic N) is 1. The second-order valence-electron chi connectivity index (χ2n) is 5.65. The first-order valence-corrected chi connectivity index (χ1v) is 7.81. The molecule has 0 saturated carbocycles. The minimum absolute atomic E-state index is 0.155. The lowest BCUT2D eigenvalue weighted by Crippen LogP contribution is -2.31. The largest absolute Gasteiger partial charge is 0.492 e. The van der Waals surface area contributed by atoms with Gasteiger partial charge in [0.25, 0.3) is 0 Å². The highest BCUT2D eigenvalue weighted by molar-refractivity contribution is 5.90. The summed E-state index contributed by atoms with van der Waals surface area (Å²) in [6, 6.07) is 13.6. The van der Waals surface area contributed by atoms with Crippen LogP contribution in [-0.4, -0.2) is 24.6 Å². The summed E-state index contributed by atoms with van der Waals surface area (Å²) < 4.78 is 5.53. The molecule has 0 aliphatic heterocycles. The van der Waals surface area contributed by atoms with Gasteiger partial charge in [-0.15, -0.1) is 0 Å². The van der Waals surface area contributed by atoms with Crippen LogP contribution in [0.5, 0.6) is 5.75 Å². The number of benzene rings is 2.